The smallest absolute Gasteiger partial charge is 0.244 e. The molecule has 2 heterocycles. The molecule has 0 aliphatic carbocycles. The van der Waals surface area contributed by atoms with Crippen LogP contribution in [-0.2, 0) is 24.2 Å². The molecule has 1 aliphatic rings. The topological polar surface area (TPSA) is 78.3 Å². The van der Waals surface area contributed by atoms with Crippen LogP contribution in [0.2, 0.25) is 0 Å². The van der Waals surface area contributed by atoms with Crippen molar-refractivity contribution in [1.82, 2.24) is 20.1 Å². The molecule has 2 aromatic rings. The van der Waals surface area contributed by atoms with Crippen LogP contribution in [0.4, 0.5) is 0 Å². The Hall–Kier alpha value is -2.83. The third-order valence-corrected chi connectivity index (χ3v) is 4.67. The van der Waals surface area contributed by atoms with Crippen molar-refractivity contribution in [2.24, 2.45) is 0 Å². The standard InChI is InChI=1S/C20H26N4O3/c1-26-16-9-7-15(14-17(16)27-2)8-10-20(25)21-12-11-19-23-22-18-6-4-3-5-13-24(18)19/h7-10,14H,3-6,11-13H2,1-2H3,(H,21,25)/b10-8+. The number of aryl methyl sites for hydroxylation is 1. The summed E-state index contributed by atoms with van der Waals surface area (Å²) in [5, 5.41) is 11.5. The van der Waals surface area contributed by atoms with Crippen molar-refractivity contribution in [1.29, 1.82) is 0 Å². The van der Waals surface area contributed by atoms with Gasteiger partial charge in [-0.2, -0.15) is 0 Å². The van der Waals surface area contributed by atoms with Gasteiger partial charge in [0.2, 0.25) is 5.91 Å². The molecule has 7 nitrogen and oxygen atoms in total. The van der Waals surface area contributed by atoms with Gasteiger partial charge >= 0.3 is 0 Å². The largest absolute Gasteiger partial charge is 0.493 e. The average molecular weight is 370 g/mol. The molecule has 1 amide bonds. The number of nitrogens with zero attached hydrogens (tertiary/aromatic N) is 3. The summed E-state index contributed by atoms with van der Waals surface area (Å²) in [6.07, 6.45) is 8.52. The first-order valence-electron chi connectivity index (χ1n) is 9.30. The van der Waals surface area contributed by atoms with Crippen molar-refractivity contribution in [3.05, 3.63) is 41.5 Å². The average Bonchev–Trinajstić information content (AvgIpc) is 2.92. The van der Waals surface area contributed by atoms with Gasteiger partial charge in [0.1, 0.15) is 11.6 Å². The summed E-state index contributed by atoms with van der Waals surface area (Å²) >= 11 is 0. The number of rotatable bonds is 7. The second-order valence-corrected chi connectivity index (χ2v) is 6.48. The highest BCUT2D eigenvalue weighted by atomic mass is 16.5. The highest BCUT2D eigenvalue weighted by molar-refractivity contribution is 5.91. The number of nitrogens with one attached hydrogen (secondary N) is 1. The Labute approximate surface area is 159 Å². The fourth-order valence-electron chi connectivity index (χ4n) is 3.22. The molecule has 1 aromatic carbocycles. The van der Waals surface area contributed by atoms with Gasteiger partial charge in [0.15, 0.2) is 11.5 Å². The summed E-state index contributed by atoms with van der Waals surface area (Å²) in [6.45, 7) is 1.51. The summed E-state index contributed by atoms with van der Waals surface area (Å²) < 4.78 is 12.7. The molecular formula is C20H26N4O3. The Balaban J connectivity index is 1.51. The van der Waals surface area contributed by atoms with Crippen LogP contribution in [0.25, 0.3) is 6.08 Å². The van der Waals surface area contributed by atoms with Crippen molar-refractivity contribution < 1.29 is 14.3 Å². The fraction of sp³-hybridized carbons (Fsp3) is 0.450. The Morgan fingerprint density at radius 1 is 1.19 bits per heavy atom. The number of benzene rings is 1. The highest BCUT2D eigenvalue weighted by Crippen LogP contribution is 2.27. The summed E-state index contributed by atoms with van der Waals surface area (Å²) in [4.78, 5) is 12.1. The number of carbonyl (C=O) groups excluding carboxylic acids is 1. The normalized spacial score (nSPS) is 13.9. The second-order valence-electron chi connectivity index (χ2n) is 6.48. The number of fused-ring (bicyclic) bond motifs is 1. The molecule has 0 saturated carbocycles. The molecule has 1 aromatic heterocycles. The molecule has 0 fully saturated rings. The predicted molar refractivity (Wildman–Crippen MR) is 103 cm³/mol. The molecule has 1 N–H and O–H groups in total. The number of methoxy groups -OCH3 is 2. The van der Waals surface area contributed by atoms with Gasteiger partial charge in [-0.1, -0.05) is 12.5 Å². The molecule has 144 valence electrons. The van der Waals surface area contributed by atoms with E-state index in [4.69, 9.17) is 9.47 Å². The molecule has 0 bridgehead atoms. The number of hydrogen-bond donors (Lipinski definition) is 1. The first-order valence-corrected chi connectivity index (χ1v) is 9.30. The molecule has 0 radical (unpaired) electrons. The van der Waals surface area contributed by atoms with Crippen LogP contribution in [0.5, 0.6) is 11.5 Å². The van der Waals surface area contributed by atoms with Crippen LogP contribution in [-0.4, -0.2) is 41.4 Å². The SMILES string of the molecule is COc1ccc(/C=C/C(=O)NCCc2nnc3n2CCCCC3)cc1OC. The van der Waals surface area contributed by atoms with Gasteiger partial charge in [0.05, 0.1) is 14.2 Å². The van der Waals surface area contributed by atoms with Crippen LogP contribution in [0.1, 0.15) is 36.5 Å². The minimum absolute atomic E-state index is 0.139. The van der Waals surface area contributed by atoms with E-state index in [1.165, 1.54) is 25.3 Å². The van der Waals surface area contributed by atoms with E-state index in [2.05, 4.69) is 20.1 Å². The molecular weight excluding hydrogens is 344 g/mol. The zero-order chi connectivity index (χ0) is 19.1. The lowest BCUT2D eigenvalue weighted by Gasteiger charge is -2.08. The minimum atomic E-state index is -0.139. The maximum absolute atomic E-state index is 12.1. The fourth-order valence-corrected chi connectivity index (χ4v) is 3.22. The Bertz CT molecular complexity index is 814. The van der Waals surface area contributed by atoms with Gasteiger partial charge < -0.3 is 19.4 Å². The van der Waals surface area contributed by atoms with Gasteiger partial charge in [-0.3, -0.25) is 4.79 Å². The Morgan fingerprint density at radius 2 is 2.04 bits per heavy atom. The monoisotopic (exact) mass is 370 g/mol. The van der Waals surface area contributed by atoms with E-state index in [1.807, 2.05) is 18.2 Å². The summed E-state index contributed by atoms with van der Waals surface area (Å²) in [5.74, 6) is 3.18. The van der Waals surface area contributed by atoms with Crippen LogP contribution in [0, 0.1) is 0 Å². The molecule has 1 aliphatic heterocycles. The molecule has 0 unspecified atom stereocenters. The van der Waals surface area contributed by atoms with E-state index in [0.717, 1.165) is 30.2 Å². The predicted octanol–water partition coefficient (Wildman–Crippen LogP) is 2.39. The van der Waals surface area contributed by atoms with E-state index >= 15 is 0 Å². The van der Waals surface area contributed by atoms with Crippen molar-refractivity contribution in [2.45, 2.75) is 38.6 Å². The molecule has 0 atom stereocenters. The number of ether oxygens (including phenoxy) is 2. The van der Waals surface area contributed by atoms with E-state index < -0.39 is 0 Å². The lowest BCUT2D eigenvalue weighted by molar-refractivity contribution is -0.116. The van der Waals surface area contributed by atoms with E-state index in [1.54, 1.807) is 20.3 Å². The maximum Gasteiger partial charge on any atom is 0.244 e. The van der Waals surface area contributed by atoms with Crippen molar-refractivity contribution in [2.75, 3.05) is 20.8 Å². The third kappa shape index (κ3) is 4.87. The van der Waals surface area contributed by atoms with Crippen LogP contribution >= 0.6 is 0 Å². The van der Waals surface area contributed by atoms with Crippen molar-refractivity contribution in [3.8, 4) is 11.5 Å². The quantitative estimate of drug-likeness (QED) is 0.757. The zero-order valence-electron chi connectivity index (χ0n) is 15.9. The van der Waals surface area contributed by atoms with Crippen LogP contribution < -0.4 is 14.8 Å². The molecule has 0 spiro atoms. The summed E-state index contributed by atoms with van der Waals surface area (Å²) in [5.41, 5.74) is 0.866. The molecule has 0 saturated heterocycles. The van der Waals surface area contributed by atoms with Gasteiger partial charge in [-0.05, 0) is 36.6 Å². The number of carbonyl (C=O) groups is 1. The molecule has 7 heteroatoms. The summed E-state index contributed by atoms with van der Waals surface area (Å²) in [7, 11) is 3.18. The number of amides is 1. The lowest BCUT2D eigenvalue weighted by atomic mass is 10.2. The minimum Gasteiger partial charge on any atom is -0.493 e. The Kier molecular flexibility index (Phi) is 6.46. The van der Waals surface area contributed by atoms with Gasteiger partial charge in [0.25, 0.3) is 0 Å². The van der Waals surface area contributed by atoms with Crippen molar-refractivity contribution >= 4 is 12.0 Å². The van der Waals surface area contributed by atoms with E-state index in [0.29, 0.717) is 24.5 Å². The second kappa shape index (κ2) is 9.21. The van der Waals surface area contributed by atoms with Gasteiger partial charge in [-0.25, -0.2) is 0 Å². The Morgan fingerprint density at radius 3 is 2.85 bits per heavy atom. The first kappa shape index (κ1) is 18.9. The van der Waals surface area contributed by atoms with Crippen molar-refractivity contribution in [3.63, 3.8) is 0 Å². The number of hydrogen-bond acceptors (Lipinski definition) is 5. The number of aromatic nitrogens is 3. The van der Waals surface area contributed by atoms with E-state index in [-0.39, 0.29) is 5.91 Å². The third-order valence-electron chi connectivity index (χ3n) is 4.67. The van der Waals surface area contributed by atoms with Crippen LogP contribution in [0.3, 0.4) is 0 Å². The highest BCUT2D eigenvalue weighted by Gasteiger charge is 2.14. The zero-order valence-corrected chi connectivity index (χ0v) is 15.9. The van der Waals surface area contributed by atoms with Gasteiger partial charge in [0, 0.05) is 32.0 Å². The lowest BCUT2D eigenvalue weighted by Crippen LogP contribution is -2.24. The van der Waals surface area contributed by atoms with E-state index in [9.17, 15) is 4.79 Å². The maximum atomic E-state index is 12.1. The first-order chi connectivity index (χ1) is 13.2. The summed E-state index contributed by atoms with van der Waals surface area (Å²) in [6, 6.07) is 5.51. The van der Waals surface area contributed by atoms with Crippen LogP contribution in [0.15, 0.2) is 24.3 Å². The van der Waals surface area contributed by atoms with Gasteiger partial charge in [-0.15, -0.1) is 10.2 Å². The molecule has 3 rings (SSSR count). The molecule has 27 heavy (non-hydrogen) atoms.